The molecule has 1 N–H and O–H groups in total. The summed E-state index contributed by atoms with van der Waals surface area (Å²) in [5.74, 6) is -16.3. The number of carbonyl (C=O) groups excluding carboxylic acids is 1. The Balaban J connectivity index is 0.00000341. The van der Waals surface area contributed by atoms with Crippen LogP contribution in [-0.2, 0) is 19.5 Å². The van der Waals surface area contributed by atoms with E-state index in [9.17, 15) is 40.6 Å². The van der Waals surface area contributed by atoms with E-state index < -0.39 is 80.5 Å². The second-order valence-corrected chi connectivity index (χ2v) is 5.87. The van der Waals surface area contributed by atoms with Crippen molar-refractivity contribution < 1.29 is 60.1 Å². The Morgan fingerprint density at radius 1 is 0.968 bits per heavy atom. The van der Waals surface area contributed by atoms with E-state index in [1.54, 1.807) is 0 Å². The van der Waals surface area contributed by atoms with Gasteiger partial charge < -0.3 is 5.11 Å². The fraction of sp³-hybridized carbons (Fsp3) is 0.0556. The van der Waals surface area contributed by atoms with Gasteiger partial charge in [-0.15, -0.1) is 0 Å². The zero-order chi connectivity index (χ0) is 22.5. The quantitative estimate of drug-likeness (QED) is 0.197. The molecule has 3 rings (SSSR count). The summed E-state index contributed by atoms with van der Waals surface area (Å²) in [6, 6.07) is 1.54. The predicted molar refractivity (Wildman–Crippen MR) is 84.3 cm³/mol. The van der Waals surface area contributed by atoms with E-state index in [0.717, 1.165) is 13.0 Å². The molecule has 156 valence electrons. The SMILES string of the molecule is Cc1nn(-c2c(F)c(F)c(C#N)c(F)c2F)c(O)c1C(=O)c1cc(F)c(F)c(F)c1.[Zn]. The topological polar surface area (TPSA) is 78.9 Å². The van der Waals surface area contributed by atoms with Gasteiger partial charge in [0.25, 0.3) is 0 Å². The third-order valence-corrected chi connectivity index (χ3v) is 4.07. The first-order valence-electron chi connectivity index (χ1n) is 7.75. The van der Waals surface area contributed by atoms with Crippen LogP contribution < -0.4 is 0 Å². The van der Waals surface area contributed by atoms with Gasteiger partial charge in [-0.1, -0.05) is 0 Å². The van der Waals surface area contributed by atoms with Crippen molar-refractivity contribution in [2.45, 2.75) is 6.92 Å². The molecule has 2 aromatic carbocycles. The van der Waals surface area contributed by atoms with Crippen molar-refractivity contribution in [2.75, 3.05) is 0 Å². The fourth-order valence-corrected chi connectivity index (χ4v) is 2.67. The van der Waals surface area contributed by atoms with Crippen molar-refractivity contribution in [2.24, 2.45) is 0 Å². The summed E-state index contributed by atoms with van der Waals surface area (Å²) < 4.78 is 96.0. The van der Waals surface area contributed by atoms with Crippen LogP contribution in [-0.4, -0.2) is 20.7 Å². The summed E-state index contributed by atoms with van der Waals surface area (Å²) in [5, 5.41) is 22.3. The molecule has 5 nitrogen and oxygen atoms in total. The molecule has 0 aliphatic rings. The summed E-state index contributed by atoms with van der Waals surface area (Å²) in [6.07, 6.45) is 0. The third-order valence-electron chi connectivity index (χ3n) is 4.07. The van der Waals surface area contributed by atoms with E-state index >= 15 is 0 Å². The van der Waals surface area contributed by atoms with Gasteiger partial charge >= 0.3 is 0 Å². The molecule has 31 heavy (non-hydrogen) atoms. The number of ketones is 1. The number of benzene rings is 2. The molecule has 0 spiro atoms. The second kappa shape index (κ2) is 8.47. The monoisotopic (exact) mass is 493 g/mol. The van der Waals surface area contributed by atoms with Crippen LogP contribution >= 0.6 is 0 Å². The number of nitrogens with zero attached hydrogens (tertiary/aromatic N) is 3. The molecular formula is C18H6F7N3O2Zn. The molecule has 0 aliphatic heterocycles. The molecule has 0 amide bonds. The molecule has 0 atom stereocenters. The Morgan fingerprint density at radius 2 is 1.45 bits per heavy atom. The molecule has 3 aromatic rings. The van der Waals surface area contributed by atoms with E-state index in [4.69, 9.17) is 5.26 Å². The number of carbonyl (C=O) groups is 1. The van der Waals surface area contributed by atoms with Crippen molar-refractivity contribution in [3.8, 4) is 17.6 Å². The maximum Gasteiger partial charge on any atom is 0.226 e. The Labute approximate surface area is 181 Å². The van der Waals surface area contributed by atoms with Crippen LogP contribution in [0.25, 0.3) is 5.69 Å². The van der Waals surface area contributed by atoms with Gasteiger partial charge in [-0.05, 0) is 19.1 Å². The van der Waals surface area contributed by atoms with E-state index in [2.05, 4.69) is 5.10 Å². The number of hydrogen-bond donors (Lipinski definition) is 1. The molecule has 0 unspecified atom stereocenters. The maximum absolute atomic E-state index is 14.2. The summed E-state index contributed by atoms with van der Waals surface area (Å²) >= 11 is 0. The summed E-state index contributed by atoms with van der Waals surface area (Å²) in [4.78, 5) is 12.5. The first-order valence-corrected chi connectivity index (χ1v) is 7.75. The van der Waals surface area contributed by atoms with Gasteiger partial charge in [-0.3, -0.25) is 4.79 Å². The Hall–Kier alpha value is -3.26. The standard InChI is InChI=1S/C18H6F7N3O2.Zn/c1-5-10(17(29)6-2-8(19)13(23)9(20)3-6)18(30)28(27-5)16-14(24)11(21)7(4-26)12(22)15(16)25;/h2-3,30H,1H3;. The molecule has 1 aromatic heterocycles. The molecule has 0 aliphatic carbocycles. The minimum atomic E-state index is -2.10. The largest absolute Gasteiger partial charge is 0.493 e. The average Bonchev–Trinajstić information content (AvgIpc) is 2.98. The second-order valence-electron chi connectivity index (χ2n) is 5.87. The van der Waals surface area contributed by atoms with Crippen LogP contribution in [0.1, 0.15) is 27.2 Å². The number of nitriles is 1. The molecule has 13 heteroatoms. The number of halogens is 7. The van der Waals surface area contributed by atoms with E-state index in [0.29, 0.717) is 12.1 Å². The first kappa shape index (κ1) is 24.0. The van der Waals surface area contributed by atoms with Crippen molar-refractivity contribution >= 4 is 5.78 Å². The molecule has 1 heterocycles. The van der Waals surface area contributed by atoms with Crippen molar-refractivity contribution in [3.05, 3.63) is 75.2 Å². The van der Waals surface area contributed by atoms with Crippen LogP contribution in [0, 0.1) is 59.0 Å². The molecular weight excluding hydrogens is 489 g/mol. The van der Waals surface area contributed by atoms with Gasteiger partial charge in [-0.2, -0.15) is 15.0 Å². The molecule has 0 saturated heterocycles. The van der Waals surface area contributed by atoms with Crippen molar-refractivity contribution in [1.29, 1.82) is 5.26 Å². The molecule has 0 saturated carbocycles. The van der Waals surface area contributed by atoms with Gasteiger partial charge in [0.05, 0.1) is 5.69 Å². The van der Waals surface area contributed by atoms with Crippen LogP contribution in [0.4, 0.5) is 30.7 Å². The van der Waals surface area contributed by atoms with Crippen LogP contribution in [0.3, 0.4) is 0 Å². The van der Waals surface area contributed by atoms with Gasteiger partial charge in [0, 0.05) is 25.0 Å². The van der Waals surface area contributed by atoms with Crippen molar-refractivity contribution in [3.63, 3.8) is 0 Å². The van der Waals surface area contributed by atoms with Crippen molar-refractivity contribution in [1.82, 2.24) is 9.78 Å². The molecule has 0 radical (unpaired) electrons. The fourth-order valence-electron chi connectivity index (χ4n) is 2.67. The summed E-state index contributed by atoms with van der Waals surface area (Å²) in [7, 11) is 0. The number of hydrogen-bond acceptors (Lipinski definition) is 4. The average molecular weight is 495 g/mol. The number of aromatic hydroxyl groups is 1. The zero-order valence-electron chi connectivity index (χ0n) is 15.2. The zero-order valence-corrected chi connectivity index (χ0v) is 18.2. The number of aryl methyl sites for hydroxylation is 1. The first-order chi connectivity index (χ1) is 14.0. The van der Waals surface area contributed by atoms with Crippen LogP contribution in [0.15, 0.2) is 12.1 Å². The van der Waals surface area contributed by atoms with E-state index in [1.165, 1.54) is 0 Å². The summed E-state index contributed by atoms with van der Waals surface area (Å²) in [5.41, 5.74) is -5.22. The Morgan fingerprint density at radius 3 is 1.90 bits per heavy atom. The van der Waals surface area contributed by atoms with Gasteiger partial charge in [0.2, 0.25) is 11.7 Å². The molecule has 0 bridgehead atoms. The van der Waals surface area contributed by atoms with Gasteiger partial charge in [0.15, 0.2) is 40.7 Å². The van der Waals surface area contributed by atoms with Crippen LogP contribution in [0.5, 0.6) is 5.88 Å². The number of aromatic nitrogens is 2. The van der Waals surface area contributed by atoms with E-state index in [1.807, 2.05) is 0 Å². The Kier molecular flexibility index (Phi) is 6.56. The van der Waals surface area contributed by atoms with Gasteiger partial charge in [0.1, 0.15) is 22.9 Å². The minimum Gasteiger partial charge on any atom is -0.493 e. The third kappa shape index (κ3) is 3.68. The Bertz CT molecular complexity index is 1230. The van der Waals surface area contributed by atoms with E-state index in [-0.39, 0.29) is 24.2 Å². The number of rotatable bonds is 3. The molecule has 0 fully saturated rings. The summed E-state index contributed by atoms with van der Waals surface area (Å²) in [6.45, 7) is 1.03. The maximum atomic E-state index is 14.2. The normalized spacial score (nSPS) is 10.5. The van der Waals surface area contributed by atoms with Crippen LogP contribution in [0.2, 0.25) is 0 Å². The minimum absolute atomic E-state index is 0. The predicted octanol–water partition coefficient (Wildman–Crippen LogP) is 3.96. The smallest absolute Gasteiger partial charge is 0.226 e. The van der Waals surface area contributed by atoms with Gasteiger partial charge in [-0.25, -0.2) is 30.7 Å².